The standard InChI is InChI=1S/C16H15F3N2O4/c1-24-15-8-10(6-7-20)2-4-14(15)25-13-5-3-11(16(17,18)19)9-12(13)21(22)23/h2-5,8-9H,6-7,20H2,1H3. The number of nitrogens with two attached hydrogens (primary N) is 1. The molecule has 0 aliphatic heterocycles. The Morgan fingerprint density at radius 3 is 2.36 bits per heavy atom. The first-order chi connectivity index (χ1) is 11.8. The molecule has 2 aromatic rings. The number of ether oxygens (including phenoxy) is 2. The summed E-state index contributed by atoms with van der Waals surface area (Å²) in [7, 11) is 1.38. The van der Waals surface area contributed by atoms with E-state index in [0.717, 1.165) is 17.7 Å². The lowest BCUT2D eigenvalue weighted by molar-refractivity contribution is -0.385. The van der Waals surface area contributed by atoms with Gasteiger partial charge in [0.05, 0.1) is 17.6 Å². The number of rotatable bonds is 6. The van der Waals surface area contributed by atoms with E-state index < -0.39 is 22.4 Å². The monoisotopic (exact) mass is 356 g/mol. The highest BCUT2D eigenvalue weighted by atomic mass is 19.4. The molecule has 6 nitrogen and oxygen atoms in total. The molecule has 25 heavy (non-hydrogen) atoms. The van der Waals surface area contributed by atoms with Crippen LogP contribution in [-0.2, 0) is 12.6 Å². The summed E-state index contributed by atoms with van der Waals surface area (Å²) >= 11 is 0. The summed E-state index contributed by atoms with van der Waals surface area (Å²) in [5, 5.41) is 11.1. The van der Waals surface area contributed by atoms with Crippen molar-refractivity contribution in [2.24, 2.45) is 5.73 Å². The third kappa shape index (κ3) is 4.38. The van der Waals surface area contributed by atoms with Crippen molar-refractivity contribution in [3.8, 4) is 17.2 Å². The SMILES string of the molecule is COc1cc(CCN)ccc1Oc1ccc(C(F)(F)F)cc1[N+](=O)[O-]. The van der Waals surface area contributed by atoms with Crippen molar-refractivity contribution in [2.45, 2.75) is 12.6 Å². The average molecular weight is 356 g/mol. The van der Waals surface area contributed by atoms with E-state index in [1.165, 1.54) is 13.2 Å². The minimum Gasteiger partial charge on any atom is -0.493 e. The molecule has 0 atom stereocenters. The molecule has 9 heteroatoms. The Morgan fingerprint density at radius 2 is 1.80 bits per heavy atom. The van der Waals surface area contributed by atoms with Crippen molar-refractivity contribution in [3.63, 3.8) is 0 Å². The van der Waals surface area contributed by atoms with Crippen molar-refractivity contribution in [1.29, 1.82) is 0 Å². The number of hydrogen-bond donors (Lipinski definition) is 1. The molecule has 2 aromatic carbocycles. The maximum atomic E-state index is 12.7. The fraction of sp³-hybridized carbons (Fsp3) is 0.250. The van der Waals surface area contributed by atoms with Crippen molar-refractivity contribution >= 4 is 5.69 Å². The third-order valence-corrected chi connectivity index (χ3v) is 3.36. The van der Waals surface area contributed by atoms with Crippen LogP contribution in [0.4, 0.5) is 18.9 Å². The van der Waals surface area contributed by atoms with Crippen LogP contribution in [0, 0.1) is 10.1 Å². The van der Waals surface area contributed by atoms with Gasteiger partial charge in [0.1, 0.15) is 0 Å². The van der Waals surface area contributed by atoms with Gasteiger partial charge in [0.15, 0.2) is 11.5 Å². The van der Waals surface area contributed by atoms with E-state index in [2.05, 4.69) is 0 Å². The zero-order valence-electron chi connectivity index (χ0n) is 13.2. The normalized spacial score (nSPS) is 11.2. The zero-order valence-corrected chi connectivity index (χ0v) is 13.2. The van der Waals surface area contributed by atoms with Gasteiger partial charge >= 0.3 is 11.9 Å². The largest absolute Gasteiger partial charge is 0.493 e. The molecule has 0 amide bonds. The summed E-state index contributed by atoms with van der Waals surface area (Å²) in [6.45, 7) is 0.424. The van der Waals surface area contributed by atoms with Gasteiger partial charge in [-0.15, -0.1) is 0 Å². The lowest BCUT2D eigenvalue weighted by Crippen LogP contribution is -2.06. The number of benzene rings is 2. The number of nitro groups is 1. The molecule has 0 saturated heterocycles. The van der Waals surface area contributed by atoms with Gasteiger partial charge in [0, 0.05) is 6.07 Å². The molecule has 134 valence electrons. The summed E-state index contributed by atoms with van der Waals surface area (Å²) in [5.74, 6) is 0.120. The van der Waals surface area contributed by atoms with Crippen LogP contribution in [0.3, 0.4) is 0 Å². The van der Waals surface area contributed by atoms with Gasteiger partial charge < -0.3 is 15.2 Å². The Bertz CT molecular complexity index is 778. The molecule has 0 spiro atoms. The first-order valence-corrected chi connectivity index (χ1v) is 7.16. The minimum absolute atomic E-state index is 0.145. The lowest BCUT2D eigenvalue weighted by atomic mass is 10.1. The average Bonchev–Trinajstić information content (AvgIpc) is 2.55. The van der Waals surface area contributed by atoms with Crippen LogP contribution in [0.2, 0.25) is 0 Å². The highest BCUT2D eigenvalue weighted by molar-refractivity contribution is 5.53. The Balaban J connectivity index is 2.41. The number of methoxy groups -OCH3 is 1. The maximum absolute atomic E-state index is 12.7. The molecule has 0 aliphatic rings. The summed E-state index contributed by atoms with van der Waals surface area (Å²) in [5.41, 5.74) is 4.43. The number of alkyl halides is 3. The van der Waals surface area contributed by atoms with Crippen molar-refractivity contribution in [2.75, 3.05) is 13.7 Å². The van der Waals surface area contributed by atoms with Crippen LogP contribution in [0.5, 0.6) is 17.2 Å². The van der Waals surface area contributed by atoms with E-state index >= 15 is 0 Å². The van der Waals surface area contributed by atoms with Gasteiger partial charge in [-0.25, -0.2) is 0 Å². The van der Waals surface area contributed by atoms with Crippen molar-refractivity contribution in [1.82, 2.24) is 0 Å². The van der Waals surface area contributed by atoms with E-state index in [1.807, 2.05) is 0 Å². The Morgan fingerprint density at radius 1 is 1.12 bits per heavy atom. The van der Waals surface area contributed by atoms with Gasteiger partial charge in [-0.1, -0.05) is 6.07 Å². The predicted octanol–water partition coefficient (Wildman–Crippen LogP) is 3.92. The smallest absolute Gasteiger partial charge is 0.416 e. The minimum atomic E-state index is -4.69. The van der Waals surface area contributed by atoms with Crippen LogP contribution >= 0.6 is 0 Å². The summed E-state index contributed by atoms with van der Waals surface area (Å²) in [6.07, 6.45) is -4.10. The van der Waals surface area contributed by atoms with Crippen LogP contribution in [0.25, 0.3) is 0 Å². The van der Waals surface area contributed by atoms with Gasteiger partial charge in [0.25, 0.3) is 0 Å². The second kappa shape index (κ2) is 7.39. The molecule has 0 bridgehead atoms. The molecule has 0 saturated carbocycles. The van der Waals surface area contributed by atoms with Crippen LogP contribution in [0.15, 0.2) is 36.4 Å². The molecular weight excluding hydrogens is 341 g/mol. The fourth-order valence-corrected chi connectivity index (χ4v) is 2.16. The Kier molecular flexibility index (Phi) is 5.48. The highest BCUT2D eigenvalue weighted by Crippen LogP contribution is 2.40. The van der Waals surface area contributed by atoms with E-state index in [9.17, 15) is 23.3 Å². The van der Waals surface area contributed by atoms with Gasteiger partial charge in [-0.3, -0.25) is 10.1 Å². The molecule has 0 aliphatic carbocycles. The van der Waals surface area contributed by atoms with Crippen LogP contribution in [-0.4, -0.2) is 18.6 Å². The number of halogens is 3. The first kappa shape index (κ1) is 18.5. The molecule has 0 aromatic heterocycles. The molecule has 0 unspecified atom stereocenters. The zero-order chi connectivity index (χ0) is 18.6. The Labute approximate surface area is 141 Å². The predicted molar refractivity (Wildman–Crippen MR) is 83.9 cm³/mol. The van der Waals surface area contributed by atoms with E-state index in [4.69, 9.17) is 15.2 Å². The quantitative estimate of drug-likeness (QED) is 0.626. The third-order valence-electron chi connectivity index (χ3n) is 3.36. The van der Waals surface area contributed by atoms with Crippen LogP contribution in [0.1, 0.15) is 11.1 Å². The van der Waals surface area contributed by atoms with Gasteiger partial charge in [-0.05, 0) is 42.8 Å². The van der Waals surface area contributed by atoms with Crippen molar-refractivity contribution < 1.29 is 27.6 Å². The summed E-state index contributed by atoms with van der Waals surface area (Å²) in [6, 6.07) is 6.93. The number of nitro benzene ring substituents is 1. The van der Waals surface area contributed by atoms with E-state index in [1.54, 1.807) is 12.1 Å². The molecule has 0 heterocycles. The Hall–Kier alpha value is -2.81. The van der Waals surface area contributed by atoms with Crippen molar-refractivity contribution in [3.05, 3.63) is 57.6 Å². The lowest BCUT2D eigenvalue weighted by Gasteiger charge is -2.13. The number of hydrogen-bond acceptors (Lipinski definition) is 5. The maximum Gasteiger partial charge on any atom is 0.416 e. The summed E-state index contributed by atoms with van der Waals surface area (Å²) in [4.78, 5) is 10.2. The fourth-order valence-electron chi connectivity index (χ4n) is 2.16. The molecular formula is C16H15F3N2O4. The number of nitrogens with zero attached hydrogens (tertiary/aromatic N) is 1. The second-order valence-corrected chi connectivity index (χ2v) is 5.06. The highest BCUT2D eigenvalue weighted by Gasteiger charge is 2.33. The summed E-state index contributed by atoms with van der Waals surface area (Å²) < 4.78 is 48.8. The van der Waals surface area contributed by atoms with Gasteiger partial charge in [-0.2, -0.15) is 13.2 Å². The van der Waals surface area contributed by atoms with E-state index in [-0.39, 0.29) is 11.5 Å². The molecule has 0 radical (unpaired) electrons. The van der Waals surface area contributed by atoms with Crippen LogP contribution < -0.4 is 15.2 Å². The molecule has 0 fully saturated rings. The van der Waals surface area contributed by atoms with Gasteiger partial charge in [0.2, 0.25) is 5.75 Å². The molecule has 2 rings (SSSR count). The molecule has 2 N–H and O–H groups in total. The first-order valence-electron chi connectivity index (χ1n) is 7.16. The topological polar surface area (TPSA) is 87.6 Å². The van der Waals surface area contributed by atoms with E-state index in [0.29, 0.717) is 24.8 Å². The second-order valence-electron chi connectivity index (χ2n) is 5.06.